The van der Waals surface area contributed by atoms with Crippen molar-refractivity contribution in [3.05, 3.63) is 59.2 Å². The highest BCUT2D eigenvalue weighted by Crippen LogP contribution is 2.27. The number of benzene rings is 2. The Morgan fingerprint density at radius 2 is 1.96 bits per heavy atom. The summed E-state index contributed by atoms with van der Waals surface area (Å²) in [4.78, 5) is 13.9. The predicted molar refractivity (Wildman–Crippen MR) is 116 cm³/mol. The summed E-state index contributed by atoms with van der Waals surface area (Å²) >= 11 is 5.54. The van der Waals surface area contributed by atoms with Crippen molar-refractivity contribution in [2.45, 2.75) is 46.1 Å². The van der Waals surface area contributed by atoms with Crippen molar-refractivity contribution < 1.29 is 4.79 Å². The molecule has 0 saturated carbocycles. The molecule has 2 aromatic carbocycles. The zero-order valence-electron chi connectivity index (χ0n) is 16.2. The molecule has 4 nitrogen and oxygen atoms in total. The lowest BCUT2D eigenvalue weighted by Crippen LogP contribution is -2.32. The van der Waals surface area contributed by atoms with Gasteiger partial charge in [-0.1, -0.05) is 31.2 Å². The highest BCUT2D eigenvalue weighted by molar-refractivity contribution is 7.80. The Labute approximate surface area is 167 Å². The summed E-state index contributed by atoms with van der Waals surface area (Å²) in [5.74, 6) is 0.208. The van der Waals surface area contributed by atoms with E-state index in [9.17, 15) is 4.79 Å². The molecular formula is C22H27N3OS. The van der Waals surface area contributed by atoms with E-state index in [2.05, 4.69) is 48.7 Å². The van der Waals surface area contributed by atoms with Gasteiger partial charge in [0, 0.05) is 24.3 Å². The SMILES string of the molecule is CC[C@H](NC(=S)Nc1ccc(N2CCCC2=O)c(C)c1)c1ccccc1C. The highest BCUT2D eigenvalue weighted by atomic mass is 32.1. The maximum Gasteiger partial charge on any atom is 0.227 e. The third-order valence-corrected chi connectivity index (χ3v) is 5.32. The Morgan fingerprint density at radius 1 is 1.19 bits per heavy atom. The molecule has 1 heterocycles. The average molecular weight is 382 g/mol. The van der Waals surface area contributed by atoms with E-state index in [1.165, 1.54) is 11.1 Å². The molecule has 2 N–H and O–H groups in total. The Kier molecular flexibility index (Phi) is 6.11. The smallest absolute Gasteiger partial charge is 0.227 e. The summed E-state index contributed by atoms with van der Waals surface area (Å²) in [6.07, 6.45) is 2.52. The molecule has 1 fully saturated rings. The van der Waals surface area contributed by atoms with Crippen LogP contribution in [-0.2, 0) is 4.79 Å². The standard InChI is InChI=1S/C22H27N3OS/c1-4-19(18-9-6-5-8-15(18)2)24-22(27)23-17-11-12-20(16(3)14-17)25-13-7-10-21(25)26/h5-6,8-9,11-12,14,19H,4,7,10,13H2,1-3H3,(H2,23,24,27)/t19-/m0/s1. The van der Waals surface area contributed by atoms with E-state index in [1.54, 1.807) is 0 Å². The summed E-state index contributed by atoms with van der Waals surface area (Å²) in [6.45, 7) is 7.11. The minimum atomic E-state index is 0.175. The molecule has 1 aliphatic rings. The van der Waals surface area contributed by atoms with Crippen molar-refractivity contribution >= 4 is 34.6 Å². The Morgan fingerprint density at radius 3 is 2.59 bits per heavy atom. The first-order valence-corrected chi connectivity index (χ1v) is 9.94. The molecule has 1 saturated heterocycles. The Bertz CT molecular complexity index is 849. The van der Waals surface area contributed by atoms with Gasteiger partial charge in [-0.05, 0) is 73.8 Å². The van der Waals surface area contributed by atoms with E-state index in [-0.39, 0.29) is 11.9 Å². The molecule has 3 rings (SSSR count). The molecule has 0 radical (unpaired) electrons. The van der Waals surface area contributed by atoms with Crippen LogP contribution in [0.5, 0.6) is 0 Å². The summed E-state index contributed by atoms with van der Waals surface area (Å²) in [6, 6.07) is 14.6. The topological polar surface area (TPSA) is 44.4 Å². The Balaban J connectivity index is 1.68. The van der Waals surface area contributed by atoms with Crippen LogP contribution in [0.4, 0.5) is 11.4 Å². The third kappa shape index (κ3) is 4.48. The van der Waals surface area contributed by atoms with E-state index < -0.39 is 0 Å². The minimum Gasteiger partial charge on any atom is -0.356 e. The van der Waals surface area contributed by atoms with Crippen molar-refractivity contribution in [2.24, 2.45) is 0 Å². The lowest BCUT2D eigenvalue weighted by molar-refractivity contribution is -0.117. The molecule has 1 atom stereocenters. The number of thiocarbonyl (C=S) groups is 1. The third-order valence-electron chi connectivity index (χ3n) is 5.10. The minimum absolute atomic E-state index is 0.175. The molecular weight excluding hydrogens is 354 g/mol. The van der Waals surface area contributed by atoms with Gasteiger partial charge >= 0.3 is 0 Å². The molecule has 0 bridgehead atoms. The van der Waals surface area contributed by atoms with Crippen LogP contribution < -0.4 is 15.5 Å². The van der Waals surface area contributed by atoms with E-state index in [0.717, 1.165) is 36.3 Å². The Hall–Kier alpha value is -2.40. The van der Waals surface area contributed by atoms with Crippen LogP contribution in [0.2, 0.25) is 0 Å². The van der Waals surface area contributed by atoms with Gasteiger partial charge in [-0.25, -0.2) is 0 Å². The molecule has 1 aliphatic heterocycles. The van der Waals surface area contributed by atoms with E-state index in [4.69, 9.17) is 12.2 Å². The monoisotopic (exact) mass is 381 g/mol. The van der Waals surface area contributed by atoms with Gasteiger partial charge in [0.1, 0.15) is 0 Å². The van der Waals surface area contributed by atoms with Gasteiger partial charge < -0.3 is 15.5 Å². The first-order valence-electron chi connectivity index (χ1n) is 9.53. The van der Waals surface area contributed by atoms with Crippen LogP contribution in [-0.4, -0.2) is 17.6 Å². The fourth-order valence-corrected chi connectivity index (χ4v) is 3.90. The quantitative estimate of drug-likeness (QED) is 0.726. The number of nitrogens with zero attached hydrogens (tertiary/aromatic N) is 1. The molecule has 0 spiro atoms. The first kappa shape index (κ1) is 19.4. The van der Waals surface area contributed by atoms with Crippen molar-refractivity contribution in [3.63, 3.8) is 0 Å². The number of rotatable bonds is 5. The number of amides is 1. The van der Waals surface area contributed by atoms with Gasteiger partial charge in [0.05, 0.1) is 6.04 Å². The van der Waals surface area contributed by atoms with E-state index in [0.29, 0.717) is 11.5 Å². The first-order chi connectivity index (χ1) is 13.0. The second kappa shape index (κ2) is 8.53. The summed E-state index contributed by atoms with van der Waals surface area (Å²) < 4.78 is 0. The number of aryl methyl sites for hydroxylation is 2. The van der Waals surface area contributed by atoms with Crippen LogP contribution in [0.3, 0.4) is 0 Å². The van der Waals surface area contributed by atoms with Crippen molar-refractivity contribution in [1.29, 1.82) is 0 Å². The second-order valence-electron chi connectivity index (χ2n) is 7.07. The number of carbonyl (C=O) groups excluding carboxylic acids is 1. The number of hydrogen-bond acceptors (Lipinski definition) is 2. The lowest BCUT2D eigenvalue weighted by Gasteiger charge is -2.22. The van der Waals surface area contributed by atoms with E-state index >= 15 is 0 Å². The van der Waals surface area contributed by atoms with Crippen molar-refractivity contribution in [3.8, 4) is 0 Å². The number of hydrogen-bond donors (Lipinski definition) is 2. The predicted octanol–water partition coefficient (Wildman–Crippen LogP) is 4.87. The van der Waals surface area contributed by atoms with Gasteiger partial charge in [-0.3, -0.25) is 4.79 Å². The lowest BCUT2D eigenvalue weighted by atomic mass is 10.00. The molecule has 2 aromatic rings. The molecule has 142 valence electrons. The van der Waals surface area contributed by atoms with Crippen LogP contribution in [0.25, 0.3) is 0 Å². The van der Waals surface area contributed by atoms with Gasteiger partial charge in [0.2, 0.25) is 5.91 Å². The molecule has 27 heavy (non-hydrogen) atoms. The van der Waals surface area contributed by atoms with Gasteiger partial charge in [0.15, 0.2) is 5.11 Å². The molecule has 1 amide bonds. The fraction of sp³-hybridized carbons (Fsp3) is 0.364. The zero-order valence-corrected chi connectivity index (χ0v) is 17.0. The summed E-state index contributed by atoms with van der Waals surface area (Å²) in [7, 11) is 0. The normalized spacial score (nSPS) is 14.9. The van der Waals surface area contributed by atoms with Crippen LogP contribution >= 0.6 is 12.2 Å². The van der Waals surface area contributed by atoms with Crippen molar-refractivity contribution in [1.82, 2.24) is 5.32 Å². The number of carbonyl (C=O) groups is 1. The zero-order chi connectivity index (χ0) is 19.4. The second-order valence-corrected chi connectivity index (χ2v) is 7.47. The molecule has 0 aromatic heterocycles. The maximum absolute atomic E-state index is 12.0. The van der Waals surface area contributed by atoms with Gasteiger partial charge in [-0.2, -0.15) is 0 Å². The highest BCUT2D eigenvalue weighted by Gasteiger charge is 2.23. The van der Waals surface area contributed by atoms with Crippen LogP contribution in [0.15, 0.2) is 42.5 Å². The van der Waals surface area contributed by atoms with E-state index in [1.807, 2.05) is 30.0 Å². The number of nitrogens with one attached hydrogen (secondary N) is 2. The summed E-state index contributed by atoms with van der Waals surface area (Å²) in [5.41, 5.74) is 5.52. The van der Waals surface area contributed by atoms with Crippen LogP contribution in [0.1, 0.15) is 48.9 Å². The molecule has 0 unspecified atom stereocenters. The maximum atomic E-state index is 12.0. The average Bonchev–Trinajstić information content (AvgIpc) is 3.06. The fourth-order valence-electron chi connectivity index (χ4n) is 3.64. The number of anilines is 2. The molecule has 0 aliphatic carbocycles. The summed E-state index contributed by atoms with van der Waals surface area (Å²) in [5, 5.41) is 7.31. The largest absolute Gasteiger partial charge is 0.356 e. The van der Waals surface area contributed by atoms with Gasteiger partial charge in [-0.15, -0.1) is 0 Å². The van der Waals surface area contributed by atoms with Crippen molar-refractivity contribution in [2.75, 3.05) is 16.8 Å². The van der Waals surface area contributed by atoms with Gasteiger partial charge in [0.25, 0.3) is 0 Å². The molecule has 5 heteroatoms. The van der Waals surface area contributed by atoms with Crippen LogP contribution in [0, 0.1) is 13.8 Å².